The molecule has 0 heterocycles. The minimum Gasteiger partial charge on any atom is -0.294 e. The van der Waals surface area contributed by atoms with Crippen molar-refractivity contribution >= 4 is 64.9 Å². The fraction of sp³-hybridized carbons (Fsp3) is 0.333. The number of allylic oxidation sites excluding steroid dienone is 2. The zero-order chi connectivity index (χ0) is 27.6. The Hall–Kier alpha value is -1.82. The number of hydrogen-bond acceptors (Lipinski definition) is 2. The molecule has 5 heteroatoms. The molecule has 3 aromatic rings. The van der Waals surface area contributed by atoms with Crippen molar-refractivity contribution in [1.29, 1.82) is 0 Å². The molecule has 3 aromatic carbocycles. The molecule has 0 atom stereocenters. The Labute approximate surface area is 250 Å². The van der Waals surface area contributed by atoms with Crippen LogP contribution in [0.4, 0.5) is 0 Å². The normalized spacial score (nSPS) is 17.4. The minimum atomic E-state index is 0.229. The summed E-state index contributed by atoms with van der Waals surface area (Å²) in [5.41, 5.74) is 16.4. The molecule has 0 fully saturated rings. The number of benzene rings is 3. The number of rotatable bonds is 0. The van der Waals surface area contributed by atoms with E-state index in [1.54, 1.807) is 0 Å². The first-order chi connectivity index (χ1) is 17.9. The number of halogens is 3. The highest BCUT2D eigenvalue weighted by Gasteiger charge is 2.33. The third-order valence-electron chi connectivity index (χ3n) is 8.37. The van der Waals surface area contributed by atoms with Crippen molar-refractivity contribution in [2.75, 3.05) is 0 Å². The molecule has 0 N–H and O–H groups in total. The van der Waals surface area contributed by atoms with Crippen molar-refractivity contribution in [2.24, 2.45) is 0 Å². The molecule has 0 aromatic heterocycles. The van der Waals surface area contributed by atoms with Gasteiger partial charge in [0.25, 0.3) is 0 Å². The van der Waals surface area contributed by atoms with Crippen molar-refractivity contribution < 1.29 is 9.59 Å². The van der Waals surface area contributed by atoms with Crippen LogP contribution in [0.25, 0.3) is 5.57 Å². The second kappa shape index (κ2) is 10.3. The first-order valence-corrected chi connectivity index (χ1v) is 15.5. The molecule has 0 saturated heterocycles. The maximum Gasteiger partial charge on any atom is 0.190 e. The Morgan fingerprint density at radius 1 is 0.526 bits per heavy atom. The topological polar surface area (TPSA) is 34.1 Å². The third kappa shape index (κ3) is 4.43. The van der Waals surface area contributed by atoms with Crippen LogP contribution in [0, 0.1) is 41.5 Å². The molecule has 38 heavy (non-hydrogen) atoms. The molecular weight excluding hydrogens is 668 g/mol. The van der Waals surface area contributed by atoms with Gasteiger partial charge in [0.1, 0.15) is 0 Å². The van der Waals surface area contributed by atoms with Crippen molar-refractivity contribution in [3.8, 4) is 0 Å². The summed E-state index contributed by atoms with van der Waals surface area (Å²) in [4.78, 5) is 24.8. The predicted octanol–water partition coefficient (Wildman–Crippen LogP) is 9.78. The van der Waals surface area contributed by atoms with Gasteiger partial charge in [-0.2, -0.15) is 0 Å². The number of carbonyl (C=O) groups is 2. The molecule has 6 rings (SSSR count). The lowest BCUT2D eigenvalue weighted by Crippen LogP contribution is -2.02. The predicted molar refractivity (Wildman–Crippen MR) is 167 cm³/mol. The Morgan fingerprint density at radius 2 is 0.974 bits per heavy atom. The van der Waals surface area contributed by atoms with Gasteiger partial charge in [0.2, 0.25) is 0 Å². The van der Waals surface area contributed by atoms with Crippen molar-refractivity contribution in [3.05, 3.63) is 104 Å². The average Bonchev–Trinajstić information content (AvgIpc) is 3.55. The van der Waals surface area contributed by atoms with Crippen LogP contribution in [0.15, 0.2) is 37.2 Å². The molecule has 0 amide bonds. The molecule has 3 aliphatic rings. The summed E-state index contributed by atoms with van der Waals surface area (Å²) >= 11 is 10.9. The molecule has 0 radical (unpaired) electrons. The first kappa shape index (κ1) is 27.7. The van der Waals surface area contributed by atoms with Crippen molar-refractivity contribution in [1.82, 2.24) is 0 Å². The van der Waals surface area contributed by atoms with Crippen molar-refractivity contribution in [3.63, 3.8) is 0 Å². The summed E-state index contributed by atoms with van der Waals surface area (Å²) < 4.78 is 3.32. The Balaban J connectivity index is 0.000000190. The average molecular weight is 699 g/mol. The second-order valence-electron chi connectivity index (χ2n) is 10.9. The summed E-state index contributed by atoms with van der Waals surface area (Å²) in [6.45, 7) is 12.5. The standard InChI is InChI=1S/C22H20Br2O.C11H11BrO/c1-10-7-14-5-6-16(18(14)12(3)20(10)23)17-9-15-8-11(2)21(24)13(4)19(15)22(17)25;1-6-5-8-3-4-9(13)10(8)7(2)11(6)12/h7-8H,5-6,9H2,1-4H3;5H,3-4H2,1-2H3/b17-16-;. The summed E-state index contributed by atoms with van der Waals surface area (Å²) in [5.74, 6) is 0.528. The van der Waals surface area contributed by atoms with Gasteiger partial charge >= 0.3 is 0 Å². The van der Waals surface area contributed by atoms with Gasteiger partial charge in [0.15, 0.2) is 11.6 Å². The van der Waals surface area contributed by atoms with Crippen LogP contribution in [0.3, 0.4) is 0 Å². The highest BCUT2D eigenvalue weighted by atomic mass is 79.9. The van der Waals surface area contributed by atoms with E-state index < -0.39 is 0 Å². The van der Waals surface area contributed by atoms with E-state index >= 15 is 0 Å². The number of aryl methyl sites for hydroxylation is 5. The van der Waals surface area contributed by atoms with E-state index in [0.29, 0.717) is 12.2 Å². The van der Waals surface area contributed by atoms with E-state index in [2.05, 4.69) is 101 Å². The van der Waals surface area contributed by atoms with Gasteiger partial charge in [-0.15, -0.1) is 0 Å². The van der Waals surface area contributed by atoms with E-state index in [1.165, 1.54) is 54.6 Å². The number of hydrogen-bond donors (Lipinski definition) is 0. The molecule has 0 saturated carbocycles. The Bertz CT molecular complexity index is 1610. The van der Waals surface area contributed by atoms with E-state index in [0.717, 1.165) is 62.5 Å². The van der Waals surface area contributed by atoms with E-state index in [1.807, 2.05) is 6.92 Å². The lowest BCUT2D eigenvalue weighted by Gasteiger charge is -2.13. The van der Waals surface area contributed by atoms with Crippen LogP contribution < -0.4 is 0 Å². The molecule has 0 bridgehead atoms. The molecule has 3 aliphatic carbocycles. The highest BCUT2D eigenvalue weighted by molar-refractivity contribution is 9.11. The van der Waals surface area contributed by atoms with Gasteiger partial charge in [0, 0.05) is 43.0 Å². The van der Waals surface area contributed by atoms with E-state index in [-0.39, 0.29) is 5.78 Å². The van der Waals surface area contributed by atoms with Crippen LogP contribution >= 0.6 is 47.8 Å². The minimum absolute atomic E-state index is 0.229. The quantitative estimate of drug-likeness (QED) is 0.219. The number of Topliss-reactive ketones (excluding diaryl/α,β-unsaturated/α-hetero) is 2. The summed E-state index contributed by atoms with van der Waals surface area (Å²) in [6, 6.07) is 6.57. The number of ketones is 2. The fourth-order valence-corrected chi connectivity index (χ4v) is 7.45. The van der Waals surface area contributed by atoms with Crippen LogP contribution in [-0.4, -0.2) is 11.6 Å². The Kier molecular flexibility index (Phi) is 7.52. The van der Waals surface area contributed by atoms with Gasteiger partial charge in [-0.1, -0.05) is 66.0 Å². The molecule has 2 nitrogen and oxygen atoms in total. The smallest absolute Gasteiger partial charge is 0.190 e. The molecule has 0 spiro atoms. The van der Waals surface area contributed by atoms with Gasteiger partial charge < -0.3 is 0 Å². The maximum atomic E-state index is 13.3. The van der Waals surface area contributed by atoms with Gasteiger partial charge in [-0.25, -0.2) is 0 Å². The maximum absolute atomic E-state index is 13.3. The first-order valence-electron chi connectivity index (χ1n) is 13.1. The summed E-state index contributed by atoms with van der Waals surface area (Å²) in [7, 11) is 0. The lowest BCUT2D eigenvalue weighted by molar-refractivity contribution is 0.0992. The zero-order valence-electron chi connectivity index (χ0n) is 22.7. The highest BCUT2D eigenvalue weighted by Crippen LogP contribution is 2.45. The number of fused-ring (bicyclic) bond motifs is 3. The Morgan fingerprint density at radius 3 is 1.55 bits per heavy atom. The largest absolute Gasteiger partial charge is 0.294 e. The van der Waals surface area contributed by atoms with E-state index in [9.17, 15) is 9.59 Å². The van der Waals surface area contributed by atoms with Crippen LogP contribution in [0.2, 0.25) is 0 Å². The summed E-state index contributed by atoms with van der Waals surface area (Å²) in [5, 5.41) is 0. The van der Waals surface area contributed by atoms with Crippen molar-refractivity contribution in [2.45, 2.75) is 73.6 Å². The fourth-order valence-electron chi connectivity index (χ4n) is 6.51. The second-order valence-corrected chi connectivity index (χ2v) is 13.3. The van der Waals surface area contributed by atoms with Gasteiger partial charge in [-0.05, 0) is 122 Å². The van der Waals surface area contributed by atoms with Gasteiger partial charge in [0.05, 0.1) is 0 Å². The SMILES string of the molecule is Cc1cc2c(c(C)c1Br)C(=O)/C(=C1/CCc3cc(C)c(Br)c(C)c31)C2.Cc1cc2c(c(C)c1Br)C(=O)CC2. The molecular formula is C33H31Br3O2. The molecule has 196 valence electrons. The molecule has 0 unspecified atom stereocenters. The number of carbonyl (C=O) groups excluding carboxylic acids is 2. The van der Waals surface area contributed by atoms with Crippen LogP contribution in [0.5, 0.6) is 0 Å². The summed E-state index contributed by atoms with van der Waals surface area (Å²) in [6.07, 6.45) is 4.38. The van der Waals surface area contributed by atoms with Crippen LogP contribution in [0.1, 0.15) is 89.2 Å². The molecule has 0 aliphatic heterocycles. The zero-order valence-corrected chi connectivity index (χ0v) is 27.5. The monoisotopic (exact) mass is 696 g/mol. The van der Waals surface area contributed by atoms with Gasteiger partial charge in [-0.3, -0.25) is 9.59 Å². The third-order valence-corrected chi connectivity index (χ3v) is 12.0. The van der Waals surface area contributed by atoms with Crippen LogP contribution in [-0.2, 0) is 19.3 Å². The van der Waals surface area contributed by atoms with E-state index in [4.69, 9.17) is 0 Å². The lowest BCUT2D eigenvalue weighted by atomic mass is 9.94.